The lowest BCUT2D eigenvalue weighted by atomic mass is 10.1. The standard InChI is InChI=1S/C10H16N2O2/c1-8(10(13)14)12(7-6-11)9-4-2-3-5-9/h8-9H,2-5,7H2,1H3,(H,13,14). The third kappa shape index (κ3) is 2.46. The zero-order valence-corrected chi connectivity index (χ0v) is 8.44. The van der Waals surface area contributed by atoms with Gasteiger partial charge in [0.05, 0.1) is 12.6 Å². The van der Waals surface area contributed by atoms with Gasteiger partial charge in [-0.15, -0.1) is 0 Å². The molecule has 0 aliphatic heterocycles. The summed E-state index contributed by atoms with van der Waals surface area (Å²) in [5.74, 6) is -0.841. The fourth-order valence-corrected chi connectivity index (χ4v) is 2.04. The molecule has 0 spiro atoms. The van der Waals surface area contributed by atoms with Crippen LogP contribution in [0.15, 0.2) is 0 Å². The maximum atomic E-state index is 10.8. The quantitative estimate of drug-likeness (QED) is 0.687. The molecule has 1 unspecified atom stereocenters. The van der Waals surface area contributed by atoms with Gasteiger partial charge in [-0.1, -0.05) is 12.8 Å². The molecule has 1 N–H and O–H groups in total. The minimum Gasteiger partial charge on any atom is -0.480 e. The summed E-state index contributed by atoms with van der Waals surface area (Å²) in [5.41, 5.74) is 0. The lowest BCUT2D eigenvalue weighted by Crippen LogP contribution is -2.44. The van der Waals surface area contributed by atoms with Crippen LogP contribution in [-0.4, -0.2) is 34.6 Å². The average Bonchev–Trinajstić information content (AvgIpc) is 2.65. The summed E-state index contributed by atoms with van der Waals surface area (Å²) in [6.07, 6.45) is 4.36. The van der Waals surface area contributed by atoms with Gasteiger partial charge in [-0.25, -0.2) is 0 Å². The monoisotopic (exact) mass is 196 g/mol. The maximum Gasteiger partial charge on any atom is 0.320 e. The van der Waals surface area contributed by atoms with Crippen molar-refractivity contribution in [2.45, 2.75) is 44.7 Å². The van der Waals surface area contributed by atoms with E-state index in [9.17, 15) is 4.79 Å². The van der Waals surface area contributed by atoms with Crippen molar-refractivity contribution in [3.8, 4) is 6.07 Å². The second-order valence-corrected chi connectivity index (χ2v) is 3.78. The van der Waals surface area contributed by atoms with Crippen LogP contribution < -0.4 is 0 Å². The van der Waals surface area contributed by atoms with E-state index in [1.54, 1.807) is 11.8 Å². The number of carbonyl (C=O) groups is 1. The van der Waals surface area contributed by atoms with E-state index in [0.717, 1.165) is 25.7 Å². The highest BCUT2D eigenvalue weighted by Gasteiger charge is 2.29. The Morgan fingerprint density at radius 2 is 2.21 bits per heavy atom. The molecule has 0 aromatic rings. The van der Waals surface area contributed by atoms with E-state index in [2.05, 4.69) is 0 Å². The molecule has 0 saturated heterocycles. The molecule has 1 saturated carbocycles. The number of rotatable bonds is 4. The Kier molecular flexibility index (Phi) is 3.90. The van der Waals surface area contributed by atoms with Crippen molar-refractivity contribution < 1.29 is 9.90 Å². The van der Waals surface area contributed by atoms with Crippen LogP contribution in [0.1, 0.15) is 32.6 Å². The highest BCUT2D eigenvalue weighted by atomic mass is 16.4. The maximum absolute atomic E-state index is 10.8. The Morgan fingerprint density at radius 1 is 1.64 bits per heavy atom. The fraction of sp³-hybridized carbons (Fsp3) is 0.800. The molecule has 14 heavy (non-hydrogen) atoms. The smallest absolute Gasteiger partial charge is 0.320 e. The first-order valence-electron chi connectivity index (χ1n) is 5.02. The topological polar surface area (TPSA) is 64.3 Å². The molecule has 4 nitrogen and oxygen atoms in total. The Hall–Kier alpha value is -1.08. The third-order valence-electron chi connectivity index (χ3n) is 2.90. The van der Waals surface area contributed by atoms with Gasteiger partial charge in [0.15, 0.2) is 0 Å². The molecule has 0 amide bonds. The number of nitriles is 1. The lowest BCUT2D eigenvalue weighted by molar-refractivity contribution is -0.143. The summed E-state index contributed by atoms with van der Waals surface area (Å²) in [6, 6.07) is 1.79. The van der Waals surface area contributed by atoms with Crippen LogP contribution >= 0.6 is 0 Å². The van der Waals surface area contributed by atoms with Crippen LogP contribution in [0.5, 0.6) is 0 Å². The lowest BCUT2D eigenvalue weighted by Gasteiger charge is -2.29. The van der Waals surface area contributed by atoms with E-state index in [1.807, 2.05) is 6.07 Å². The van der Waals surface area contributed by atoms with Crippen molar-refractivity contribution >= 4 is 5.97 Å². The number of hydrogen-bond acceptors (Lipinski definition) is 3. The van der Waals surface area contributed by atoms with E-state index in [1.165, 1.54) is 0 Å². The summed E-state index contributed by atoms with van der Waals surface area (Å²) < 4.78 is 0. The second kappa shape index (κ2) is 4.97. The van der Waals surface area contributed by atoms with Crippen LogP contribution in [-0.2, 0) is 4.79 Å². The molecule has 4 heteroatoms. The summed E-state index contributed by atoms with van der Waals surface area (Å²) in [6.45, 7) is 1.87. The van der Waals surface area contributed by atoms with Crippen LogP contribution in [0.2, 0.25) is 0 Å². The predicted octanol–water partition coefficient (Wildman–Crippen LogP) is 1.23. The van der Waals surface area contributed by atoms with Crippen molar-refractivity contribution in [1.82, 2.24) is 4.90 Å². The van der Waals surface area contributed by atoms with Gasteiger partial charge in [0.25, 0.3) is 0 Å². The van der Waals surface area contributed by atoms with Gasteiger partial charge < -0.3 is 5.11 Å². The van der Waals surface area contributed by atoms with Gasteiger partial charge in [0.2, 0.25) is 0 Å². The third-order valence-corrected chi connectivity index (χ3v) is 2.90. The van der Waals surface area contributed by atoms with Gasteiger partial charge in [-0.2, -0.15) is 5.26 Å². The van der Waals surface area contributed by atoms with Crippen molar-refractivity contribution in [1.29, 1.82) is 5.26 Å². The molecule has 0 heterocycles. The summed E-state index contributed by atoms with van der Waals surface area (Å²) in [7, 11) is 0. The van der Waals surface area contributed by atoms with Crippen LogP contribution in [0.3, 0.4) is 0 Å². The molecule has 0 aromatic heterocycles. The molecule has 1 atom stereocenters. The van der Waals surface area contributed by atoms with Crippen molar-refractivity contribution in [2.75, 3.05) is 6.54 Å². The molecule has 0 bridgehead atoms. The minimum absolute atomic E-state index is 0.220. The second-order valence-electron chi connectivity index (χ2n) is 3.78. The normalized spacial score (nSPS) is 19.5. The summed E-state index contributed by atoms with van der Waals surface area (Å²) >= 11 is 0. The van der Waals surface area contributed by atoms with Gasteiger partial charge in [0, 0.05) is 6.04 Å². The molecule has 0 radical (unpaired) electrons. The van der Waals surface area contributed by atoms with Crippen LogP contribution in [0.4, 0.5) is 0 Å². The highest BCUT2D eigenvalue weighted by Crippen LogP contribution is 2.24. The molecule has 1 rings (SSSR count). The molecule has 78 valence electrons. The number of aliphatic carboxylic acids is 1. The Labute approximate surface area is 84.1 Å². The van der Waals surface area contributed by atoms with Gasteiger partial charge in [0.1, 0.15) is 6.04 Å². The van der Waals surface area contributed by atoms with Crippen LogP contribution in [0, 0.1) is 11.3 Å². The molecular formula is C10H16N2O2. The Balaban J connectivity index is 2.62. The number of hydrogen-bond donors (Lipinski definition) is 1. The van der Waals surface area contributed by atoms with Crippen LogP contribution in [0.25, 0.3) is 0 Å². The van der Waals surface area contributed by atoms with Crippen molar-refractivity contribution in [2.24, 2.45) is 0 Å². The van der Waals surface area contributed by atoms with E-state index >= 15 is 0 Å². The number of carboxylic acids is 1. The average molecular weight is 196 g/mol. The fourth-order valence-electron chi connectivity index (χ4n) is 2.04. The van der Waals surface area contributed by atoms with E-state index in [-0.39, 0.29) is 6.54 Å². The van der Waals surface area contributed by atoms with E-state index in [0.29, 0.717) is 6.04 Å². The van der Waals surface area contributed by atoms with Crippen molar-refractivity contribution in [3.63, 3.8) is 0 Å². The number of carboxylic acid groups (broad SMARTS) is 1. The zero-order chi connectivity index (χ0) is 10.6. The van der Waals surface area contributed by atoms with Gasteiger partial charge in [-0.3, -0.25) is 9.69 Å². The Bertz CT molecular complexity index is 241. The van der Waals surface area contributed by atoms with E-state index < -0.39 is 12.0 Å². The van der Waals surface area contributed by atoms with Gasteiger partial charge in [-0.05, 0) is 19.8 Å². The Morgan fingerprint density at radius 3 is 2.64 bits per heavy atom. The largest absolute Gasteiger partial charge is 0.480 e. The molecular weight excluding hydrogens is 180 g/mol. The van der Waals surface area contributed by atoms with E-state index in [4.69, 9.17) is 10.4 Å². The zero-order valence-electron chi connectivity index (χ0n) is 8.44. The minimum atomic E-state index is -0.841. The number of nitrogens with zero attached hydrogens (tertiary/aromatic N) is 2. The van der Waals surface area contributed by atoms with Crippen molar-refractivity contribution in [3.05, 3.63) is 0 Å². The summed E-state index contributed by atoms with van der Waals surface area (Å²) in [5, 5.41) is 17.5. The first kappa shape index (κ1) is 11.0. The SMILES string of the molecule is CC(C(=O)O)N(CC#N)C1CCCC1. The molecule has 1 aliphatic carbocycles. The molecule has 1 fully saturated rings. The first-order valence-corrected chi connectivity index (χ1v) is 5.02. The molecule has 0 aromatic carbocycles. The van der Waals surface area contributed by atoms with Gasteiger partial charge >= 0.3 is 5.97 Å². The summed E-state index contributed by atoms with van der Waals surface area (Å²) in [4.78, 5) is 12.6. The first-order chi connectivity index (χ1) is 6.66. The highest BCUT2D eigenvalue weighted by molar-refractivity contribution is 5.73. The predicted molar refractivity (Wildman–Crippen MR) is 51.7 cm³/mol. The molecule has 1 aliphatic rings.